The SMILES string of the molecule is C=Cc1c(C#N)c(N2CCSCC2)nc2c(-c3cnc4ccccc4c3)cnn12. The Bertz CT molecular complexity index is 1280. The summed E-state index contributed by atoms with van der Waals surface area (Å²) in [6, 6.07) is 12.4. The average Bonchev–Trinajstić information content (AvgIpc) is 3.21. The Balaban J connectivity index is 1.75. The molecular weight excluding hydrogens is 380 g/mol. The molecule has 1 aliphatic heterocycles. The summed E-state index contributed by atoms with van der Waals surface area (Å²) >= 11 is 1.92. The van der Waals surface area contributed by atoms with Crippen LogP contribution in [0.15, 0.2) is 49.3 Å². The van der Waals surface area contributed by atoms with Crippen LogP contribution in [0.25, 0.3) is 33.8 Å². The number of aromatic nitrogens is 4. The maximum Gasteiger partial charge on any atom is 0.166 e. The van der Waals surface area contributed by atoms with Gasteiger partial charge in [-0.05, 0) is 18.2 Å². The zero-order chi connectivity index (χ0) is 19.8. The topological polar surface area (TPSA) is 70.1 Å². The van der Waals surface area contributed by atoms with E-state index in [1.165, 1.54) is 0 Å². The lowest BCUT2D eigenvalue weighted by molar-refractivity contribution is 0.825. The normalized spacial score (nSPS) is 14.2. The summed E-state index contributed by atoms with van der Waals surface area (Å²) in [4.78, 5) is 11.7. The summed E-state index contributed by atoms with van der Waals surface area (Å²) in [5.41, 5.74) is 4.70. The summed E-state index contributed by atoms with van der Waals surface area (Å²) in [6.07, 6.45) is 5.33. The van der Waals surface area contributed by atoms with Crippen molar-refractivity contribution >= 4 is 40.2 Å². The number of rotatable bonds is 3. The first kappa shape index (κ1) is 17.7. The monoisotopic (exact) mass is 398 g/mol. The molecule has 0 bridgehead atoms. The molecule has 7 heteroatoms. The predicted octanol–water partition coefficient (Wildman–Crippen LogP) is 4.01. The van der Waals surface area contributed by atoms with Crippen molar-refractivity contribution in [3.05, 3.63) is 60.6 Å². The van der Waals surface area contributed by atoms with Gasteiger partial charge in [0.1, 0.15) is 11.6 Å². The molecule has 0 N–H and O–H groups in total. The number of benzene rings is 1. The molecule has 1 aliphatic rings. The maximum atomic E-state index is 9.84. The highest BCUT2D eigenvalue weighted by atomic mass is 32.2. The van der Waals surface area contributed by atoms with Gasteiger partial charge in [-0.25, -0.2) is 9.50 Å². The highest BCUT2D eigenvalue weighted by molar-refractivity contribution is 7.99. The Morgan fingerprint density at radius 1 is 1.17 bits per heavy atom. The van der Waals surface area contributed by atoms with E-state index in [9.17, 15) is 5.26 Å². The van der Waals surface area contributed by atoms with Gasteiger partial charge in [-0.2, -0.15) is 22.1 Å². The summed E-state index contributed by atoms with van der Waals surface area (Å²) in [7, 11) is 0. The van der Waals surface area contributed by atoms with Crippen molar-refractivity contribution in [2.24, 2.45) is 0 Å². The molecule has 4 aromatic rings. The average molecular weight is 398 g/mol. The Hall–Kier alpha value is -3.37. The lowest BCUT2D eigenvalue weighted by atomic mass is 10.1. The fourth-order valence-electron chi connectivity index (χ4n) is 3.72. The lowest BCUT2D eigenvalue weighted by Crippen LogP contribution is -2.34. The van der Waals surface area contributed by atoms with Gasteiger partial charge in [-0.1, -0.05) is 24.8 Å². The molecule has 5 rings (SSSR count). The Morgan fingerprint density at radius 2 is 2.00 bits per heavy atom. The maximum absolute atomic E-state index is 9.84. The van der Waals surface area contributed by atoms with Gasteiger partial charge >= 0.3 is 0 Å². The van der Waals surface area contributed by atoms with Gasteiger partial charge in [-0.15, -0.1) is 0 Å². The minimum atomic E-state index is 0.519. The van der Waals surface area contributed by atoms with Gasteiger partial charge in [0.2, 0.25) is 0 Å². The van der Waals surface area contributed by atoms with Crippen LogP contribution in [0.2, 0.25) is 0 Å². The number of thioether (sulfide) groups is 1. The zero-order valence-electron chi connectivity index (χ0n) is 15.7. The van der Waals surface area contributed by atoms with Crippen molar-refractivity contribution in [2.75, 3.05) is 29.5 Å². The van der Waals surface area contributed by atoms with Crippen molar-refractivity contribution in [3.8, 4) is 17.2 Å². The van der Waals surface area contributed by atoms with Gasteiger partial charge in [-0.3, -0.25) is 4.98 Å². The minimum Gasteiger partial charge on any atom is -0.354 e. The van der Waals surface area contributed by atoms with Crippen LogP contribution in [0, 0.1) is 11.3 Å². The van der Waals surface area contributed by atoms with Crippen LogP contribution in [-0.2, 0) is 0 Å². The van der Waals surface area contributed by atoms with Crippen LogP contribution in [0.4, 0.5) is 5.82 Å². The minimum absolute atomic E-state index is 0.519. The highest BCUT2D eigenvalue weighted by Gasteiger charge is 2.23. The van der Waals surface area contributed by atoms with E-state index in [0.717, 1.165) is 46.6 Å². The van der Waals surface area contributed by atoms with Crippen molar-refractivity contribution in [1.29, 1.82) is 5.26 Å². The molecule has 4 heterocycles. The molecule has 29 heavy (non-hydrogen) atoms. The van der Waals surface area contributed by atoms with Gasteiger partial charge in [0.05, 0.1) is 17.4 Å². The first-order valence-corrected chi connectivity index (χ1v) is 10.6. The van der Waals surface area contributed by atoms with Crippen molar-refractivity contribution in [1.82, 2.24) is 19.6 Å². The number of nitriles is 1. The molecule has 0 amide bonds. The Morgan fingerprint density at radius 3 is 2.79 bits per heavy atom. The number of para-hydroxylation sites is 1. The van der Waals surface area contributed by atoms with E-state index in [1.807, 2.05) is 42.2 Å². The van der Waals surface area contributed by atoms with E-state index in [2.05, 4.69) is 33.7 Å². The Labute approximate surface area is 172 Å². The van der Waals surface area contributed by atoms with Crippen LogP contribution >= 0.6 is 11.8 Å². The van der Waals surface area contributed by atoms with E-state index < -0.39 is 0 Å². The van der Waals surface area contributed by atoms with E-state index in [4.69, 9.17) is 4.98 Å². The smallest absolute Gasteiger partial charge is 0.166 e. The fourth-order valence-corrected chi connectivity index (χ4v) is 4.63. The van der Waals surface area contributed by atoms with Crippen LogP contribution in [0.3, 0.4) is 0 Å². The van der Waals surface area contributed by atoms with Crippen molar-refractivity contribution < 1.29 is 0 Å². The van der Waals surface area contributed by atoms with Gasteiger partial charge in [0.15, 0.2) is 11.5 Å². The van der Waals surface area contributed by atoms with Crippen LogP contribution in [0.5, 0.6) is 0 Å². The van der Waals surface area contributed by atoms with Crippen molar-refractivity contribution in [2.45, 2.75) is 0 Å². The molecule has 0 aliphatic carbocycles. The van der Waals surface area contributed by atoms with Crippen LogP contribution < -0.4 is 4.90 Å². The third-order valence-corrected chi connectivity index (χ3v) is 6.12. The molecule has 1 aromatic carbocycles. The molecule has 1 fully saturated rings. The second kappa shape index (κ2) is 7.22. The number of fused-ring (bicyclic) bond motifs is 2. The molecule has 6 nitrogen and oxygen atoms in total. The number of nitrogens with zero attached hydrogens (tertiary/aromatic N) is 6. The number of anilines is 1. The zero-order valence-corrected chi connectivity index (χ0v) is 16.6. The molecule has 142 valence electrons. The molecule has 1 saturated heterocycles. The van der Waals surface area contributed by atoms with Gasteiger partial charge in [0.25, 0.3) is 0 Å². The summed E-state index contributed by atoms with van der Waals surface area (Å²) < 4.78 is 1.71. The molecular formula is C22H18N6S. The molecule has 0 radical (unpaired) electrons. The number of hydrogen-bond donors (Lipinski definition) is 0. The molecule has 3 aromatic heterocycles. The quantitative estimate of drug-likeness (QED) is 0.519. The first-order chi connectivity index (χ1) is 14.3. The molecule has 0 saturated carbocycles. The molecule has 0 spiro atoms. The van der Waals surface area contributed by atoms with Crippen LogP contribution in [-0.4, -0.2) is 44.2 Å². The number of hydrogen-bond acceptors (Lipinski definition) is 6. The fraction of sp³-hybridized carbons (Fsp3) is 0.182. The van der Waals surface area contributed by atoms with Crippen LogP contribution in [0.1, 0.15) is 11.3 Å². The van der Waals surface area contributed by atoms with Gasteiger partial charge < -0.3 is 4.90 Å². The third kappa shape index (κ3) is 2.93. The van der Waals surface area contributed by atoms with E-state index >= 15 is 0 Å². The second-order valence-corrected chi connectivity index (χ2v) is 8.05. The standard InChI is InChI=1S/C22H18N6S/c1-2-20-17(12-23)21(27-7-9-29-10-8-27)26-22-18(14-25-28(20)22)16-11-15-5-3-4-6-19(15)24-13-16/h2-6,11,13-14H,1,7-10H2. The number of pyridine rings is 1. The summed E-state index contributed by atoms with van der Waals surface area (Å²) in [6.45, 7) is 5.67. The van der Waals surface area contributed by atoms with Gasteiger partial charge in [0, 0.05) is 47.3 Å². The third-order valence-electron chi connectivity index (χ3n) is 5.18. The summed E-state index contributed by atoms with van der Waals surface area (Å²) in [5.74, 6) is 2.77. The molecule has 0 atom stereocenters. The summed E-state index contributed by atoms with van der Waals surface area (Å²) in [5, 5.41) is 15.4. The molecule has 0 unspecified atom stereocenters. The van der Waals surface area contributed by atoms with E-state index in [-0.39, 0.29) is 0 Å². The first-order valence-electron chi connectivity index (χ1n) is 9.42. The lowest BCUT2D eigenvalue weighted by Gasteiger charge is -2.28. The Kier molecular flexibility index (Phi) is 4.41. The van der Waals surface area contributed by atoms with Crippen molar-refractivity contribution in [3.63, 3.8) is 0 Å². The second-order valence-electron chi connectivity index (χ2n) is 6.82. The van der Waals surface area contributed by atoms with E-state index in [1.54, 1.807) is 16.8 Å². The van der Waals surface area contributed by atoms with E-state index in [0.29, 0.717) is 22.7 Å². The largest absolute Gasteiger partial charge is 0.354 e. The predicted molar refractivity (Wildman–Crippen MR) is 118 cm³/mol. The highest BCUT2D eigenvalue weighted by Crippen LogP contribution is 2.31.